The van der Waals surface area contributed by atoms with Gasteiger partial charge in [0.25, 0.3) is 0 Å². The number of carbonyl (C=O) groups excluding carboxylic acids is 2. The fourth-order valence-electron chi connectivity index (χ4n) is 12.2. The number of fused-ring (bicyclic) bond motifs is 10. The molecule has 0 bridgehead atoms. The average molecular weight is 469 g/mol. The fraction of sp³-hybridized carbons (Fsp3) is 0.933. The number of Topliss-reactive ketones (excluding diaryl/α,β-unsaturated/α-hetero) is 1. The monoisotopic (exact) mass is 468 g/mol. The number of hydrogen-bond donors (Lipinski definition) is 0. The van der Waals surface area contributed by atoms with Crippen LogP contribution in [0.15, 0.2) is 0 Å². The first-order valence-electron chi connectivity index (χ1n) is 14.2. The normalized spacial score (nSPS) is 61.1. The van der Waals surface area contributed by atoms with Crippen LogP contribution in [0.4, 0.5) is 0 Å². The van der Waals surface area contributed by atoms with E-state index in [-0.39, 0.29) is 45.1 Å². The van der Waals surface area contributed by atoms with Crippen molar-refractivity contribution in [3.8, 4) is 0 Å². The van der Waals surface area contributed by atoms with Crippen LogP contribution in [-0.2, 0) is 19.1 Å². The molecule has 11 atom stereocenters. The number of hydrogen-bond acceptors (Lipinski definition) is 4. The van der Waals surface area contributed by atoms with E-state index in [1.54, 1.807) is 0 Å². The van der Waals surface area contributed by atoms with Crippen molar-refractivity contribution in [3.05, 3.63) is 0 Å². The topological polar surface area (TPSA) is 55.9 Å². The zero-order valence-corrected chi connectivity index (χ0v) is 22.2. The number of ketones is 1. The van der Waals surface area contributed by atoms with Crippen LogP contribution < -0.4 is 0 Å². The summed E-state index contributed by atoms with van der Waals surface area (Å²) in [5.74, 6) is 3.03. The molecule has 2 saturated heterocycles. The van der Waals surface area contributed by atoms with Gasteiger partial charge in [-0.05, 0) is 96.7 Å². The fourth-order valence-corrected chi connectivity index (χ4v) is 12.2. The van der Waals surface area contributed by atoms with E-state index in [9.17, 15) is 9.59 Å². The molecule has 0 unspecified atom stereocenters. The number of ether oxygens (including phenoxy) is 2. The molecule has 2 aliphatic heterocycles. The first kappa shape index (κ1) is 22.3. The van der Waals surface area contributed by atoms with E-state index < -0.39 is 5.60 Å². The zero-order chi connectivity index (χ0) is 24.1. The second-order valence-electron chi connectivity index (χ2n) is 15.3. The Morgan fingerprint density at radius 3 is 2.24 bits per heavy atom. The van der Waals surface area contributed by atoms with Crippen LogP contribution in [0.3, 0.4) is 0 Å². The maximum absolute atomic E-state index is 13.0. The van der Waals surface area contributed by atoms with Crippen LogP contribution in [0.2, 0.25) is 0 Å². The van der Waals surface area contributed by atoms with E-state index in [0.717, 1.165) is 19.3 Å². The summed E-state index contributed by atoms with van der Waals surface area (Å²) < 4.78 is 11.9. The smallest absolute Gasteiger partial charge is 0.341 e. The molecule has 0 aromatic rings. The molecular weight excluding hydrogens is 424 g/mol. The highest BCUT2D eigenvalue weighted by molar-refractivity contribution is 5.86. The van der Waals surface area contributed by atoms with Gasteiger partial charge in [-0.1, -0.05) is 41.5 Å². The molecule has 0 N–H and O–H groups in total. The zero-order valence-electron chi connectivity index (χ0n) is 22.2. The van der Waals surface area contributed by atoms with E-state index in [1.165, 1.54) is 38.5 Å². The standard InChI is InChI=1S/C30H44O4/c1-25(2)19-9-12-29(6)20(27(19,4)11-10-21(25)31)8-7-17-22-23-18(34-24(32)30(23)16-33-30)15-26(22,3)13-14-28(17,29)5/h17-20,22-23H,7-16H2,1-6H3/t17-,18-,19+,20+,22+,23-,26+,27+,28-,29-,30+/m1/s1. The summed E-state index contributed by atoms with van der Waals surface area (Å²) in [6.07, 6.45) is 10.5. The lowest BCUT2D eigenvalue weighted by Crippen LogP contribution is -2.66. The van der Waals surface area contributed by atoms with Gasteiger partial charge in [-0.2, -0.15) is 0 Å². The number of carbonyl (C=O) groups is 2. The molecular formula is C30H44O4. The van der Waals surface area contributed by atoms with Gasteiger partial charge < -0.3 is 9.47 Å². The second kappa shape index (κ2) is 6.14. The second-order valence-corrected chi connectivity index (χ2v) is 15.3. The van der Waals surface area contributed by atoms with Gasteiger partial charge in [-0.3, -0.25) is 4.79 Å². The van der Waals surface area contributed by atoms with Gasteiger partial charge in [0.15, 0.2) is 5.60 Å². The third-order valence-corrected chi connectivity index (χ3v) is 14.2. The summed E-state index contributed by atoms with van der Waals surface area (Å²) in [5, 5.41) is 0. The SMILES string of the molecule is CC1(C)C(=O)CC[C@@]2(C)[C@H]1CC[C@]1(C)[C@H]2CC[C@@H]2[C@H]3[C@H]4[C@@H](C[C@]3(C)CC[C@]21C)OC(=O)[C@]41CO1. The van der Waals surface area contributed by atoms with Crippen LogP contribution in [-0.4, -0.2) is 30.1 Å². The van der Waals surface area contributed by atoms with Crippen molar-refractivity contribution in [2.75, 3.05) is 6.61 Å². The van der Waals surface area contributed by atoms with E-state index in [1.807, 2.05) is 0 Å². The third kappa shape index (κ3) is 2.24. The van der Waals surface area contributed by atoms with E-state index in [2.05, 4.69) is 41.5 Å². The van der Waals surface area contributed by atoms with Crippen LogP contribution >= 0.6 is 0 Å². The van der Waals surface area contributed by atoms with Crippen molar-refractivity contribution >= 4 is 11.8 Å². The largest absolute Gasteiger partial charge is 0.460 e. The van der Waals surface area contributed by atoms with Crippen molar-refractivity contribution in [1.29, 1.82) is 0 Å². The van der Waals surface area contributed by atoms with E-state index in [0.29, 0.717) is 36.1 Å². The number of esters is 1. The van der Waals surface area contributed by atoms with Crippen LogP contribution in [0.1, 0.15) is 99.3 Å². The summed E-state index contributed by atoms with van der Waals surface area (Å²) in [6, 6.07) is 0. The van der Waals surface area contributed by atoms with Crippen LogP contribution in [0, 0.1) is 56.7 Å². The lowest BCUT2D eigenvalue weighted by Gasteiger charge is -2.72. The van der Waals surface area contributed by atoms with Crippen molar-refractivity contribution in [3.63, 3.8) is 0 Å². The highest BCUT2D eigenvalue weighted by Crippen LogP contribution is 2.78. The van der Waals surface area contributed by atoms with Gasteiger partial charge in [-0.25, -0.2) is 4.79 Å². The van der Waals surface area contributed by atoms with Crippen molar-refractivity contribution in [2.24, 2.45) is 56.7 Å². The Balaban J connectivity index is 1.29. The highest BCUT2D eigenvalue weighted by atomic mass is 16.7. The Labute approximate surface area is 205 Å². The van der Waals surface area contributed by atoms with Crippen molar-refractivity contribution < 1.29 is 19.1 Å². The number of rotatable bonds is 0. The molecule has 0 aromatic carbocycles. The predicted molar refractivity (Wildman–Crippen MR) is 129 cm³/mol. The highest BCUT2D eigenvalue weighted by Gasteiger charge is 2.78. The molecule has 0 radical (unpaired) electrons. The van der Waals surface area contributed by atoms with Crippen molar-refractivity contribution in [1.82, 2.24) is 0 Å². The summed E-state index contributed by atoms with van der Waals surface area (Å²) >= 11 is 0. The Morgan fingerprint density at radius 1 is 0.794 bits per heavy atom. The average Bonchev–Trinajstić information content (AvgIpc) is 3.45. The van der Waals surface area contributed by atoms with Gasteiger partial charge in [0.05, 0.1) is 6.61 Å². The molecule has 0 amide bonds. The van der Waals surface area contributed by atoms with Crippen LogP contribution in [0.5, 0.6) is 0 Å². The molecule has 7 fully saturated rings. The minimum atomic E-state index is -0.611. The lowest BCUT2D eigenvalue weighted by atomic mass is 9.32. The van der Waals surface area contributed by atoms with Gasteiger partial charge >= 0.3 is 5.97 Å². The van der Waals surface area contributed by atoms with E-state index >= 15 is 0 Å². The van der Waals surface area contributed by atoms with Gasteiger partial charge in [0, 0.05) is 17.8 Å². The quantitative estimate of drug-likeness (QED) is 0.325. The van der Waals surface area contributed by atoms with Gasteiger partial charge in [0.1, 0.15) is 11.9 Å². The molecule has 1 spiro atoms. The minimum Gasteiger partial charge on any atom is -0.460 e. The summed E-state index contributed by atoms with van der Waals surface area (Å²) in [6.45, 7) is 15.4. The van der Waals surface area contributed by atoms with Crippen molar-refractivity contribution in [2.45, 2.75) is 111 Å². The first-order valence-corrected chi connectivity index (χ1v) is 14.2. The summed E-state index contributed by atoms with van der Waals surface area (Å²) in [7, 11) is 0. The van der Waals surface area contributed by atoms with Gasteiger partial charge in [-0.15, -0.1) is 0 Å². The van der Waals surface area contributed by atoms with E-state index in [4.69, 9.17) is 9.47 Å². The Morgan fingerprint density at radius 2 is 1.53 bits per heavy atom. The summed E-state index contributed by atoms with van der Waals surface area (Å²) in [4.78, 5) is 25.7. The first-order chi connectivity index (χ1) is 15.8. The maximum Gasteiger partial charge on any atom is 0.341 e. The molecule has 188 valence electrons. The predicted octanol–water partition coefficient (Wildman–Crippen LogP) is 5.96. The third-order valence-electron chi connectivity index (χ3n) is 14.2. The summed E-state index contributed by atoms with van der Waals surface area (Å²) in [5.41, 5.74) is 0.287. The molecule has 7 rings (SSSR count). The minimum absolute atomic E-state index is 0.0660. The maximum atomic E-state index is 13.0. The van der Waals surface area contributed by atoms with Gasteiger partial charge in [0.2, 0.25) is 0 Å². The van der Waals surface area contributed by atoms with Crippen LogP contribution in [0.25, 0.3) is 0 Å². The molecule has 5 saturated carbocycles. The Hall–Kier alpha value is -0.900. The molecule has 7 aliphatic rings. The molecule has 4 heteroatoms. The molecule has 34 heavy (non-hydrogen) atoms. The lowest BCUT2D eigenvalue weighted by molar-refractivity contribution is -0.234. The molecule has 2 heterocycles. The number of epoxide rings is 1. The molecule has 0 aromatic heterocycles. The Kier molecular flexibility index (Phi) is 4.03. The Bertz CT molecular complexity index is 980. The molecule has 4 nitrogen and oxygen atoms in total. The molecule has 5 aliphatic carbocycles.